The Morgan fingerprint density at radius 3 is 2.49 bits per heavy atom. The molecule has 0 spiro atoms. The lowest BCUT2D eigenvalue weighted by Crippen LogP contribution is -2.46. The molecule has 194 valence electrons. The topological polar surface area (TPSA) is 161 Å². The Kier molecular flexibility index (Phi) is 7.50. The number of amides is 3. The van der Waals surface area contributed by atoms with Crippen LogP contribution in [0.15, 0.2) is 65.1 Å². The molecule has 2 aromatic carbocycles. The number of hydrogen-bond donors (Lipinski definition) is 1. The van der Waals surface area contributed by atoms with Gasteiger partial charge >= 0.3 is 0 Å². The molecule has 0 radical (unpaired) electrons. The Morgan fingerprint density at radius 1 is 1.14 bits per heavy atom. The molecule has 1 saturated heterocycles. The second kappa shape index (κ2) is 10.6. The number of imide groups is 1. The zero-order valence-corrected chi connectivity index (χ0v) is 20.7. The molecule has 2 aromatic rings. The first kappa shape index (κ1) is 26.2. The molecular formula is C25H26N4O7S. The highest BCUT2D eigenvalue weighted by Gasteiger charge is 2.44. The minimum absolute atomic E-state index is 0.0445. The summed E-state index contributed by atoms with van der Waals surface area (Å²) in [4.78, 5) is 52.6. The Morgan fingerprint density at radius 2 is 1.86 bits per heavy atom. The number of rotatable bonds is 8. The molecule has 0 saturated carbocycles. The summed E-state index contributed by atoms with van der Waals surface area (Å²) in [6.45, 7) is 0.162. The van der Waals surface area contributed by atoms with Crippen molar-refractivity contribution >= 4 is 39.1 Å². The van der Waals surface area contributed by atoms with Crippen molar-refractivity contribution in [3.8, 4) is 0 Å². The standard InChI is InChI=1S/C25H26N4O7S/c26-37(35,36)21-11-9-19(10-12-21)28-23(30)16-22(25(28)32)27(14-13-17-5-2-1-3-6-17)24(31)18-7-4-8-20(15-18)29(33)34/h4-5,7-12,15,22H,1-3,6,13-14,16H2,(H2,26,35,36). The zero-order chi connectivity index (χ0) is 26.7. The van der Waals surface area contributed by atoms with Crippen LogP contribution in [0.2, 0.25) is 0 Å². The summed E-state index contributed by atoms with van der Waals surface area (Å²) in [7, 11) is -3.96. The maximum absolute atomic E-state index is 13.6. The molecule has 1 atom stereocenters. The van der Waals surface area contributed by atoms with E-state index in [1.807, 2.05) is 0 Å². The average Bonchev–Trinajstić information content (AvgIpc) is 3.17. The highest BCUT2D eigenvalue weighted by atomic mass is 32.2. The summed E-state index contributed by atoms with van der Waals surface area (Å²) < 4.78 is 23.1. The smallest absolute Gasteiger partial charge is 0.270 e. The number of allylic oxidation sites excluding steroid dienone is 1. The Balaban J connectivity index is 1.64. The number of sulfonamides is 1. The fraction of sp³-hybridized carbons (Fsp3) is 0.320. The Bertz CT molecular complexity index is 1390. The summed E-state index contributed by atoms with van der Waals surface area (Å²) in [5, 5.41) is 16.4. The lowest BCUT2D eigenvalue weighted by Gasteiger charge is -2.28. The second-order valence-electron chi connectivity index (χ2n) is 8.99. The van der Waals surface area contributed by atoms with Gasteiger partial charge in [-0.1, -0.05) is 17.7 Å². The van der Waals surface area contributed by atoms with Crippen LogP contribution in [0, 0.1) is 10.1 Å². The van der Waals surface area contributed by atoms with Crippen molar-refractivity contribution in [2.75, 3.05) is 11.4 Å². The minimum Gasteiger partial charge on any atom is -0.326 e. The number of benzene rings is 2. The molecular weight excluding hydrogens is 500 g/mol. The largest absolute Gasteiger partial charge is 0.326 e. The van der Waals surface area contributed by atoms with E-state index in [1.54, 1.807) is 0 Å². The van der Waals surface area contributed by atoms with Crippen LogP contribution in [0.4, 0.5) is 11.4 Å². The Hall–Kier alpha value is -3.90. The van der Waals surface area contributed by atoms with Gasteiger partial charge in [0, 0.05) is 24.2 Å². The quantitative estimate of drug-likeness (QED) is 0.239. The fourth-order valence-corrected chi connectivity index (χ4v) is 5.14. The van der Waals surface area contributed by atoms with E-state index in [0.29, 0.717) is 6.42 Å². The van der Waals surface area contributed by atoms with Crippen LogP contribution in [0.1, 0.15) is 48.9 Å². The number of primary sulfonamides is 1. The highest BCUT2D eigenvalue weighted by Crippen LogP contribution is 2.29. The molecule has 3 amide bonds. The van der Waals surface area contributed by atoms with Crippen LogP contribution >= 0.6 is 0 Å². The summed E-state index contributed by atoms with van der Waals surface area (Å²) in [5.74, 6) is -1.77. The van der Waals surface area contributed by atoms with E-state index in [1.165, 1.54) is 47.4 Å². The molecule has 2 N–H and O–H groups in total. The maximum atomic E-state index is 13.6. The number of nitrogens with zero attached hydrogens (tertiary/aromatic N) is 3. The number of carbonyl (C=O) groups excluding carboxylic acids is 3. The summed E-state index contributed by atoms with van der Waals surface area (Å²) in [6.07, 6.45) is 6.33. The number of carbonyl (C=O) groups is 3. The van der Waals surface area contributed by atoms with E-state index in [9.17, 15) is 32.9 Å². The molecule has 1 heterocycles. The van der Waals surface area contributed by atoms with Gasteiger partial charge in [-0.25, -0.2) is 18.5 Å². The predicted molar refractivity (Wildman–Crippen MR) is 134 cm³/mol. The lowest BCUT2D eigenvalue weighted by molar-refractivity contribution is -0.384. The molecule has 0 bridgehead atoms. The highest BCUT2D eigenvalue weighted by molar-refractivity contribution is 7.89. The number of nitrogens with two attached hydrogens (primary N) is 1. The lowest BCUT2D eigenvalue weighted by atomic mass is 9.96. The predicted octanol–water partition coefficient (Wildman–Crippen LogP) is 2.91. The van der Waals surface area contributed by atoms with Gasteiger partial charge in [0.05, 0.1) is 21.9 Å². The Labute approximate surface area is 213 Å². The van der Waals surface area contributed by atoms with Gasteiger partial charge in [-0.2, -0.15) is 0 Å². The van der Waals surface area contributed by atoms with E-state index in [0.717, 1.165) is 42.2 Å². The summed E-state index contributed by atoms with van der Waals surface area (Å²) in [6, 6.07) is 9.14. The first-order valence-corrected chi connectivity index (χ1v) is 13.3. The SMILES string of the molecule is NS(=O)(=O)c1ccc(N2C(=O)CC(N(CCC3=CCCCC3)C(=O)c3cccc([N+](=O)[O-])c3)C2=O)cc1. The normalized spacial score (nSPS) is 18.0. The van der Waals surface area contributed by atoms with E-state index < -0.39 is 38.7 Å². The van der Waals surface area contributed by atoms with Crippen molar-refractivity contribution in [1.29, 1.82) is 0 Å². The minimum atomic E-state index is -3.96. The fourth-order valence-electron chi connectivity index (χ4n) is 4.63. The third-order valence-electron chi connectivity index (χ3n) is 6.55. The molecule has 2 aliphatic rings. The molecule has 1 unspecified atom stereocenters. The second-order valence-corrected chi connectivity index (χ2v) is 10.6. The van der Waals surface area contributed by atoms with Gasteiger partial charge in [0.15, 0.2) is 0 Å². The number of anilines is 1. The summed E-state index contributed by atoms with van der Waals surface area (Å²) >= 11 is 0. The van der Waals surface area contributed by atoms with Gasteiger partial charge in [-0.15, -0.1) is 0 Å². The first-order valence-electron chi connectivity index (χ1n) is 11.8. The van der Waals surface area contributed by atoms with Crippen molar-refractivity contribution in [2.24, 2.45) is 5.14 Å². The van der Waals surface area contributed by atoms with E-state index in [4.69, 9.17) is 5.14 Å². The van der Waals surface area contributed by atoms with Crippen molar-refractivity contribution < 1.29 is 27.7 Å². The average molecular weight is 527 g/mol. The number of non-ortho nitro benzene ring substituents is 1. The molecule has 1 aliphatic heterocycles. The summed E-state index contributed by atoms with van der Waals surface area (Å²) in [5.41, 5.74) is 1.10. The number of hydrogen-bond acceptors (Lipinski definition) is 7. The molecule has 1 aliphatic carbocycles. The van der Waals surface area contributed by atoms with Gasteiger partial charge in [-0.05, 0) is 62.4 Å². The van der Waals surface area contributed by atoms with Crippen LogP contribution in [0.5, 0.6) is 0 Å². The number of nitro benzene ring substituents is 1. The van der Waals surface area contributed by atoms with Gasteiger partial charge in [0.25, 0.3) is 17.5 Å². The van der Waals surface area contributed by atoms with Crippen LogP contribution in [0.3, 0.4) is 0 Å². The molecule has 0 aromatic heterocycles. The van der Waals surface area contributed by atoms with Crippen LogP contribution in [-0.2, 0) is 19.6 Å². The van der Waals surface area contributed by atoms with Crippen LogP contribution in [0.25, 0.3) is 0 Å². The van der Waals surface area contributed by atoms with E-state index >= 15 is 0 Å². The third kappa shape index (κ3) is 5.75. The van der Waals surface area contributed by atoms with Crippen molar-refractivity contribution in [1.82, 2.24) is 4.90 Å². The molecule has 1 fully saturated rings. The molecule has 37 heavy (non-hydrogen) atoms. The number of nitro groups is 1. The zero-order valence-electron chi connectivity index (χ0n) is 19.9. The maximum Gasteiger partial charge on any atom is 0.270 e. The van der Waals surface area contributed by atoms with Crippen molar-refractivity contribution in [2.45, 2.75) is 49.5 Å². The molecule has 4 rings (SSSR count). The van der Waals surface area contributed by atoms with Crippen molar-refractivity contribution in [3.63, 3.8) is 0 Å². The van der Waals surface area contributed by atoms with Gasteiger partial charge in [-0.3, -0.25) is 24.5 Å². The van der Waals surface area contributed by atoms with Crippen molar-refractivity contribution in [3.05, 3.63) is 75.9 Å². The monoisotopic (exact) mass is 526 g/mol. The van der Waals surface area contributed by atoms with Gasteiger partial charge in [0.1, 0.15) is 6.04 Å². The molecule has 12 heteroatoms. The van der Waals surface area contributed by atoms with E-state index in [-0.39, 0.29) is 34.8 Å². The van der Waals surface area contributed by atoms with Crippen LogP contribution < -0.4 is 10.0 Å². The van der Waals surface area contributed by atoms with Gasteiger partial charge < -0.3 is 4.90 Å². The van der Waals surface area contributed by atoms with Crippen LogP contribution in [-0.4, -0.2) is 48.5 Å². The first-order chi connectivity index (χ1) is 17.6. The van der Waals surface area contributed by atoms with Gasteiger partial charge in [0.2, 0.25) is 15.9 Å². The van der Waals surface area contributed by atoms with E-state index in [2.05, 4.69) is 6.08 Å². The third-order valence-corrected chi connectivity index (χ3v) is 7.48. The molecule has 11 nitrogen and oxygen atoms in total.